The molecule has 0 spiro atoms. The van der Waals surface area contributed by atoms with Crippen molar-refractivity contribution in [3.8, 4) is 0 Å². The topological polar surface area (TPSA) is 102 Å². The third-order valence-corrected chi connectivity index (χ3v) is 5.32. The Morgan fingerprint density at radius 3 is 2.25 bits per heavy atom. The molecule has 0 unspecified atom stereocenters. The van der Waals surface area contributed by atoms with Gasteiger partial charge in [0.05, 0.1) is 19.6 Å². The molecule has 1 heterocycles. The Balaban J connectivity index is 1.99. The van der Waals surface area contributed by atoms with E-state index in [-0.39, 0.29) is 25.6 Å². The van der Waals surface area contributed by atoms with Crippen LogP contribution in [0.15, 0.2) is 63.3 Å². The van der Waals surface area contributed by atoms with Gasteiger partial charge in [-0.05, 0) is 55.8 Å². The number of hydrogen-bond donors (Lipinski definition) is 1. The van der Waals surface area contributed by atoms with Gasteiger partial charge >= 0.3 is 11.4 Å². The highest BCUT2D eigenvalue weighted by Gasteiger charge is 2.14. The summed E-state index contributed by atoms with van der Waals surface area (Å²) in [4.78, 5) is 42.3. The summed E-state index contributed by atoms with van der Waals surface area (Å²) in [7, 11) is 0. The highest BCUT2D eigenvalue weighted by Crippen LogP contribution is 2.20. The lowest BCUT2D eigenvalue weighted by Crippen LogP contribution is -2.43. The first-order valence-electron chi connectivity index (χ1n) is 10.3. The standard InChI is InChI=1S/C22H25ClN6O3/c1-3-27(4-2)19-11-9-18(10-12-19)25-20-26-21(30)28(14-13-24-32)22(31)29(20)15-16-5-7-17(23)8-6-16/h5-12H,3-4,13-15H2,1-2H3,(H,25,26,30). The molecule has 0 aliphatic rings. The quantitative estimate of drug-likeness (QED) is 0.469. The number of nitrogens with zero attached hydrogens (tertiary/aromatic N) is 5. The third kappa shape index (κ3) is 5.42. The minimum Gasteiger partial charge on any atom is -0.372 e. The normalized spacial score (nSPS) is 10.7. The predicted molar refractivity (Wildman–Crippen MR) is 127 cm³/mol. The molecule has 0 radical (unpaired) electrons. The smallest absolute Gasteiger partial charge is 0.355 e. The van der Waals surface area contributed by atoms with Gasteiger partial charge in [0.25, 0.3) is 0 Å². The molecule has 3 aromatic rings. The Kier molecular flexibility index (Phi) is 7.77. The molecule has 1 N–H and O–H groups in total. The Labute approximate surface area is 190 Å². The Hall–Kier alpha value is -3.46. The fourth-order valence-electron chi connectivity index (χ4n) is 3.35. The Bertz CT molecular complexity index is 1170. The lowest BCUT2D eigenvalue weighted by molar-refractivity contribution is 0.559. The van der Waals surface area contributed by atoms with Gasteiger partial charge in [0.15, 0.2) is 0 Å². The van der Waals surface area contributed by atoms with Crippen LogP contribution in [0.3, 0.4) is 0 Å². The van der Waals surface area contributed by atoms with Crippen LogP contribution in [0, 0.1) is 4.91 Å². The van der Waals surface area contributed by atoms with Gasteiger partial charge in [-0.25, -0.2) is 14.2 Å². The van der Waals surface area contributed by atoms with E-state index in [1.165, 1.54) is 4.57 Å². The number of anilines is 3. The van der Waals surface area contributed by atoms with E-state index in [2.05, 4.69) is 34.2 Å². The molecule has 168 valence electrons. The second-order valence-electron chi connectivity index (χ2n) is 7.06. The summed E-state index contributed by atoms with van der Waals surface area (Å²) in [6.45, 7) is 5.79. The number of nitroso groups, excluding NO2 is 1. The van der Waals surface area contributed by atoms with Crippen LogP contribution in [-0.2, 0) is 13.1 Å². The average Bonchev–Trinajstić information content (AvgIpc) is 2.79. The van der Waals surface area contributed by atoms with Crippen molar-refractivity contribution in [1.82, 2.24) is 14.1 Å². The van der Waals surface area contributed by atoms with Crippen LogP contribution in [0.4, 0.5) is 17.3 Å². The van der Waals surface area contributed by atoms with E-state index >= 15 is 0 Å². The molecule has 0 aliphatic heterocycles. The average molecular weight is 457 g/mol. The van der Waals surface area contributed by atoms with Crippen LogP contribution < -0.4 is 21.6 Å². The van der Waals surface area contributed by atoms with E-state index in [0.29, 0.717) is 10.7 Å². The lowest BCUT2D eigenvalue weighted by Gasteiger charge is -2.21. The summed E-state index contributed by atoms with van der Waals surface area (Å²) in [6, 6.07) is 14.7. The molecule has 0 bridgehead atoms. The summed E-state index contributed by atoms with van der Waals surface area (Å²) < 4.78 is 2.26. The van der Waals surface area contributed by atoms with Crippen LogP contribution in [0.25, 0.3) is 0 Å². The fourth-order valence-corrected chi connectivity index (χ4v) is 3.47. The molecule has 10 heteroatoms. The number of aromatic nitrogens is 3. The molecule has 32 heavy (non-hydrogen) atoms. The second kappa shape index (κ2) is 10.7. The molecule has 0 saturated carbocycles. The maximum atomic E-state index is 13.1. The van der Waals surface area contributed by atoms with Crippen molar-refractivity contribution >= 4 is 28.9 Å². The zero-order valence-electron chi connectivity index (χ0n) is 18.0. The molecule has 2 aromatic carbocycles. The van der Waals surface area contributed by atoms with Crippen LogP contribution >= 0.6 is 11.6 Å². The number of benzene rings is 2. The second-order valence-corrected chi connectivity index (χ2v) is 7.50. The maximum absolute atomic E-state index is 13.1. The SMILES string of the molecule is CCN(CC)c1ccc(Nc2nc(=O)n(CCN=O)c(=O)n2Cc2ccc(Cl)cc2)cc1. The van der Waals surface area contributed by atoms with Crippen molar-refractivity contribution in [3.05, 3.63) is 85.0 Å². The van der Waals surface area contributed by atoms with Crippen molar-refractivity contribution in [2.45, 2.75) is 26.9 Å². The molecular weight excluding hydrogens is 432 g/mol. The number of halogens is 1. The first kappa shape index (κ1) is 23.2. The zero-order chi connectivity index (χ0) is 23.1. The molecule has 3 rings (SSSR count). The minimum atomic E-state index is -0.742. The van der Waals surface area contributed by atoms with Crippen molar-refractivity contribution in [3.63, 3.8) is 0 Å². The van der Waals surface area contributed by atoms with Crippen molar-refractivity contribution in [2.75, 3.05) is 29.9 Å². The van der Waals surface area contributed by atoms with Crippen LogP contribution in [0.1, 0.15) is 19.4 Å². The van der Waals surface area contributed by atoms with Crippen molar-refractivity contribution in [1.29, 1.82) is 0 Å². The van der Waals surface area contributed by atoms with E-state index in [4.69, 9.17) is 11.6 Å². The van der Waals surface area contributed by atoms with E-state index in [1.54, 1.807) is 24.3 Å². The van der Waals surface area contributed by atoms with Crippen LogP contribution in [0.2, 0.25) is 5.02 Å². The molecule has 0 fully saturated rings. The largest absolute Gasteiger partial charge is 0.372 e. The summed E-state index contributed by atoms with van der Waals surface area (Å²) in [5, 5.41) is 6.40. The van der Waals surface area contributed by atoms with Crippen molar-refractivity contribution in [2.24, 2.45) is 5.18 Å². The van der Waals surface area contributed by atoms with Gasteiger partial charge in [0.1, 0.15) is 0 Å². The molecule has 0 saturated heterocycles. The fraction of sp³-hybridized carbons (Fsp3) is 0.318. The molecule has 9 nitrogen and oxygen atoms in total. The molecule has 1 aromatic heterocycles. The lowest BCUT2D eigenvalue weighted by atomic mass is 10.2. The highest BCUT2D eigenvalue weighted by molar-refractivity contribution is 6.30. The number of hydrogen-bond acceptors (Lipinski definition) is 7. The monoisotopic (exact) mass is 456 g/mol. The summed E-state index contributed by atoms with van der Waals surface area (Å²) >= 11 is 5.96. The van der Waals surface area contributed by atoms with Gasteiger partial charge in [-0.15, -0.1) is 0 Å². The summed E-state index contributed by atoms with van der Waals surface area (Å²) in [5.41, 5.74) is 1.24. The third-order valence-electron chi connectivity index (χ3n) is 5.07. The van der Waals surface area contributed by atoms with E-state index < -0.39 is 11.4 Å². The van der Waals surface area contributed by atoms with E-state index in [1.807, 2.05) is 24.3 Å². The van der Waals surface area contributed by atoms with Gasteiger partial charge in [-0.2, -0.15) is 9.89 Å². The highest BCUT2D eigenvalue weighted by atomic mass is 35.5. The number of rotatable bonds is 10. The van der Waals surface area contributed by atoms with Gasteiger partial charge < -0.3 is 10.2 Å². The molecule has 0 amide bonds. The van der Waals surface area contributed by atoms with E-state index in [0.717, 1.165) is 28.9 Å². The molecule has 0 aliphatic carbocycles. The zero-order valence-corrected chi connectivity index (χ0v) is 18.7. The van der Waals surface area contributed by atoms with Gasteiger partial charge in [0.2, 0.25) is 5.95 Å². The number of nitrogens with one attached hydrogen (secondary N) is 1. The summed E-state index contributed by atoms with van der Waals surface area (Å²) in [6.07, 6.45) is 0. The Morgan fingerprint density at radius 1 is 1.00 bits per heavy atom. The molecule has 0 atom stereocenters. The van der Waals surface area contributed by atoms with Gasteiger partial charge in [-0.1, -0.05) is 28.9 Å². The van der Waals surface area contributed by atoms with E-state index in [9.17, 15) is 14.5 Å². The van der Waals surface area contributed by atoms with Gasteiger partial charge in [0, 0.05) is 29.5 Å². The molecular formula is C22H25ClN6O3. The predicted octanol–water partition coefficient (Wildman–Crippen LogP) is 3.46. The van der Waals surface area contributed by atoms with Crippen molar-refractivity contribution < 1.29 is 0 Å². The summed E-state index contributed by atoms with van der Waals surface area (Å²) in [5.74, 6) is 0.112. The maximum Gasteiger partial charge on any atom is 0.355 e. The van der Waals surface area contributed by atoms with Gasteiger partial charge in [-0.3, -0.25) is 4.57 Å². The minimum absolute atomic E-state index is 0.112. The Morgan fingerprint density at radius 2 is 1.66 bits per heavy atom. The van der Waals surface area contributed by atoms with Crippen LogP contribution in [-0.4, -0.2) is 33.8 Å². The van der Waals surface area contributed by atoms with Crippen LogP contribution in [0.5, 0.6) is 0 Å². The first-order valence-corrected chi connectivity index (χ1v) is 10.7. The first-order chi connectivity index (χ1) is 15.5.